The van der Waals surface area contributed by atoms with Gasteiger partial charge in [-0.2, -0.15) is 4.31 Å². The van der Waals surface area contributed by atoms with Crippen LogP contribution < -0.4 is 14.8 Å². The number of esters is 1. The lowest BCUT2D eigenvalue weighted by Crippen LogP contribution is -2.42. The molecular weight excluding hydrogens is 460 g/mol. The van der Waals surface area contributed by atoms with Crippen LogP contribution in [0.25, 0.3) is 0 Å². The van der Waals surface area contributed by atoms with E-state index < -0.39 is 28.0 Å². The van der Waals surface area contributed by atoms with Gasteiger partial charge in [-0.1, -0.05) is 19.9 Å². The summed E-state index contributed by atoms with van der Waals surface area (Å²) < 4.78 is 43.6. The Kier molecular flexibility index (Phi) is 6.81. The second-order valence-electron chi connectivity index (χ2n) is 8.90. The molecule has 2 aliphatic heterocycles. The van der Waals surface area contributed by atoms with Crippen LogP contribution in [0, 0.1) is 11.8 Å². The summed E-state index contributed by atoms with van der Waals surface area (Å²) >= 11 is 0. The number of rotatable bonds is 6. The first kappa shape index (κ1) is 24.0. The molecule has 2 aromatic rings. The van der Waals surface area contributed by atoms with Crippen molar-refractivity contribution < 1.29 is 32.2 Å². The zero-order valence-electron chi connectivity index (χ0n) is 19.3. The van der Waals surface area contributed by atoms with Gasteiger partial charge in [-0.05, 0) is 55.5 Å². The minimum atomic E-state index is -3.75. The number of piperidine rings is 1. The third-order valence-electron chi connectivity index (χ3n) is 5.84. The number of benzene rings is 2. The third-order valence-corrected chi connectivity index (χ3v) is 7.66. The number of carbonyl (C=O) groups is 2. The second-order valence-corrected chi connectivity index (χ2v) is 10.8. The summed E-state index contributed by atoms with van der Waals surface area (Å²) in [6.07, 6.45) is -0.132. The molecule has 4 rings (SSSR count). The second kappa shape index (κ2) is 9.63. The maximum atomic E-state index is 13.2. The van der Waals surface area contributed by atoms with E-state index in [1.165, 1.54) is 35.5 Å². The number of hydrogen-bond acceptors (Lipinski definition) is 7. The third kappa shape index (κ3) is 5.18. The fourth-order valence-corrected chi connectivity index (χ4v) is 5.96. The van der Waals surface area contributed by atoms with Crippen molar-refractivity contribution in [2.45, 2.75) is 38.2 Å². The molecule has 2 aromatic carbocycles. The van der Waals surface area contributed by atoms with Gasteiger partial charge in [0.15, 0.2) is 17.6 Å². The van der Waals surface area contributed by atoms with Gasteiger partial charge in [0.25, 0.3) is 5.91 Å². The number of carbonyl (C=O) groups excluding carboxylic acids is 2. The SMILES string of the molecule is CC1CC(C)CN(S(=O)(=O)c2cccc(C(=O)OC(C)C(=O)Nc3ccc4c(c3)OCO4)c2)C1. The highest BCUT2D eigenvalue weighted by molar-refractivity contribution is 7.89. The largest absolute Gasteiger partial charge is 0.454 e. The fourth-order valence-electron chi connectivity index (χ4n) is 4.23. The van der Waals surface area contributed by atoms with Crippen molar-refractivity contribution in [1.82, 2.24) is 4.31 Å². The van der Waals surface area contributed by atoms with E-state index in [1.807, 2.05) is 13.8 Å². The van der Waals surface area contributed by atoms with Crippen molar-refractivity contribution in [2.24, 2.45) is 11.8 Å². The number of ether oxygens (including phenoxy) is 3. The van der Waals surface area contributed by atoms with Crippen LogP contribution in [0.2, 0.25) is 0 Å². The first-order chi connectivity index (χ1) is 16.1. The van der Waals surface area contributed by atoms with Crippen LogP contribution in [0.3, 0.4) is 0 Å². The summed E-state index contributed by atoms with van der Waals surface area (Å²) in [6, 6.07) is 10.7. The molecule has 10 heteroatoms. The van der Waals surface area contributed by atoms with Crippen LogP contribution in [0.5, 0.6) is 11.5 Å². The molecule has 182 valence electrons. The van der Waals surface area contributed by atoms with Crippen molar-refractivity contribution in [2.75, 3.05) is 25.2 Å². The maximum Gasteiger partial charge on any atom is 0.338 e. The number of sulfonamides is 1. The van der Waals surface area contributed by atoms with E-state index in [1.54, 1.807) is 18.2 Å². The summed E-state index contributed by atoms with van der Waals surface area (Å²) in [5.74, 6) is 0.295. The van der Waals surface area contributed by atoms with Crippen LogP contribution in [0.15, 0.2) is 47.4 Å². The van der Waals surface area contributed by atoms with Crippen LogP contribution in [-0.2, 0) is 19.6 Å². The molecule has 0 aliphatic carbocycles. The van der Waals surface area contributed by atoms with E-state index in [0.717, 1.165) is 6.42 Å². The fraction of sp³-hybridized carbons (Fsp3) is 0.417. The van der Waals surface area contributed by atoms with Gasteiger partial charge < -0.3 is 19.5 Å². The number of nitrogens with zero attached hydrogens (tertiary/aromatic N) is 1. The van der Waals surface area contributed by atoms with Crippen LogP contribution in [0.4, 0.5) is 5.69 Å². The van der Waals surface area contributed by atoms with Crippen LogP contribution in [-0.4, -0.2) is 50.6 Å². The van der Waals surface area contributed by atoms with E-state index in [-0.39, 0.29) is 29.1 Å². The molecule has 0 aromatic heterocycles. The molecule has 1 amide bonds. The van der Waals surface area contributed by atoms with Gasteiger partial charge in [0, 0.05) is 24.8 Å². The van der Waals surface area contributed by atoms with Gasteiger partial charge in [0.1, 0.15) is 0 Å². The summed E-state index contributed by atoms with van der Waals surface area (Å²) in [4.78, 5) is 25.2. The van der Waals surface area contributed by atoms with Gasteiger partial charge in [0.2, 0.25) is 16.8 Å². The van der Waals surface area contributed by atoms with Crippen molar-refractivity contribution in [1.29, 1.82) is 0 Å². The number of amides is 1. The van der Waals surface area contributed by atoms with Gasteiger partial charge >= 0.3 is 5.97 Å². The molecule has 1 N–H and O–H groups in total. The summed E-state index contributed by atoms with van der Waals surface area (Å²) in [6.45, 7) is 6.50. The maximum absolute atomic E-state index is 13.2. The normalized spacial score (nSPS) is 21.0. The monoisotopic (exact) mass is 488 g/mol. The first-order valence-corrected chi connectivity index (χ1v) is 12.6. The van der Waals surface area contributed by atoms with Gasteiger partial charge in [-0.25, -0.2) is 13.2 Å². The zero-order valence-corrected chi connectivity index (χ0v) is 20.1. The van der Waals surface area contributed by atoms with Crippen molar-refractivity contribution in [3.8, 4) is 11.5 Å². The first-order valence-electron chi connectivity index (χ1n) is 11.1. The predicted molar refractivity (Wildman–Crippen MR) is 124 cm³/mol. The van der Waals surface area contributed by atoms with Crippen molar-refractivity contribution in [3.63, 3.8) is 0 Å². The number of hydrogen-bond donors (Lipinski definition) is 1. The molecule has 3 atom stereocenters. The minimum Gasteiger partial charge on any atom is -0.454 e. The van der Waals surface area contributed by atoms with E-state index in [4.69, 9.17) is 14.2 Å². The molecular formula is C24H28N2O7S. The van der Waals surface area contributed by atoms with E-state index in [2.05, 4.69) is 5.32 Å². The topological polar surface area (TPSA) is 111 Å². The van der Waals surface area contributed by atoms with Crippen molar-refractivity contribution >= 4 is 27.6 Å². The zero-order chi connectivity index (χ0) is 24.5. The Balaban J connectivity index is 1.42. The lowest BCUT2D eigenvalue weighted by atomic mass is 9.94. The predicted octanol–water partition coefficient (Wildman–Crippen LogP) is 3.27. The summed E-state index contributed by atoms with van der Waals surface area (Å²) in [5.41, 5.74) is 0.525. The molecule has 1 fully saturated rings. The Labute approximate surface area is 199 Å². The molecule has 0 bridgehead atoms. The molecule has 34 heavy (non-hydrogen) atoms. The lowest BCUT2D eigenvalue weighted by Gasteiger charge is -2.34. The average molecular weight is 489 g/mol. The summed E-state index contributed by atoms with van der Waals surface area (Å²) in [7, 11) is -3.75. The van der Waals surface area contributed by atoms with Crippen molar-refractivity contribution in [3.05, 3.63) is 48.0 Å². The highest BCUT2D eigenvalue weighted by atomic mass is 32.2. The standard InChI is InChI=1S/C24H28N2O7S/c1-15-9-16(2)13-26(12-15)34(29,30)20-6-4-5-18(10-20)24(28)33-17(3)23(27)25-19-7-8-21-22(11-19)32-14-31-21/h4-8,10-11,15-17H,9,12-14H2,1-3H3,(H,25,27). The number of anilines is 1. The molecule has 9 nitrogen and oxygen atoms in total. The molecule has 0 saturated carbocycles. The molecule has 0 spiro atoms. The molecule has 1 saturated heterocycles. The van der Waals surface area contributed by atoms with E-state index in [0.29, 0.717) is 30.3 Å². The Morgan fingerprint density at radius 1 is 1.06 bits per heavy atom. The number of fused-ring (bicyclic) bond motifs is 1. The van der Waals surface area contributed by atoms with Gasteiger partial charge in [-0.15, -0.1) is 0 Å². The molecule has 0 radical (unpaired) electrons. The Morgan fingerprint density at radius 2 is 1.76 bits per heavy atom. The van der Waals surface area contributed by atoms with Crippen LogP contribution in [0.1, 0.15) is 37.6 Å². The summed E-state index contributed by atoms with van der Waals surface area (Å²) in [5, 5.41) is 2.66. The van der Waals surface area contributed by atoms with E-state index in [9.17, 15) is 18.0 Å². The number of nitrogens with one attached hydrogen (secondary N) is 1. The van der Waals surface area contributed by atoms with Crippen LogP contribution >= 0.6 is 0 Å². The van der Waals surface area contributed by atoms with E-state index >= 15 is 0 Å². The van der Waals surface area contributed by atoms with Gasteiger partial charge in [0.05, 0.1) is 10.5 Å². The average Bonchev–Trinajstić information content (AvgIpc) is 3.26. The molecule has 2 heterocycles. The Hall–Kier alpha value is -3.11. The Bertz CT molecular complexity index is 1190. The minimum absolute atomic E-state index is 0.0284. The Morgan fingerprint density at radius 3 is 2.50 bits per heavy atom. The lowest BCUT2D eigenvalue weighted by molar-refractivity contribution is -0.123. The highest BCUT2D eigenvalue weighted by Crippen LogP contribution is 2.34. The molecule has 3 unspecified atom stereocenters. The van der Waals surface area contributed by atoms with Gasteiger partial charge in [-0.3, -0.25) is 4.79 Å². The smallest absolute Gasteiger partial charge is 0.338 e. The highest BCUT2D eigenvalue weighted by Gasteiger charge is 2.32. The molecule has 2 aliphatic rings. The quantitative estimate of drug-likeness (QED) is 0.621.